The van der Waals surface area contributed by atoms with Crippen LogP contribution in [0.3, 0.4) is 0 Å². The van der Waals surface area contributed by atoms with Gasteiger partial charge in [0.25, 0.3) is 0 Å². The molecule has 1 atom stereocenters. The molecule has 1 aromatic heterocycles. The van der Waals surface area contributed by atoms with Crippen molar-refractivity contribution in [2.75, 3.05) is 0 Å². The van der Waals surface area contributed by atoms with Crippen molar-refractivity contribution in [2.24, 2.45) is 0 Å². The summed E-state index contributed by atoms with van der Waals surface area (Å²) in [6.45, 7) is 1.09. The summed E-state index contributed by atoms with van der Waals surface area (Å²) in [5, 5.41) is 14.7. The van der Waals surface area contributed by atoms with Crippen molar-refractivity contribution in [3.63, 3.8) is 0 Å². The van der Waals surface area contributed by atoms with Crippen LogP contribution in [0.4, 0.5) is 0 Å². The van der Waals surface area contributed by atoms with Crippen molar-refractivity contribution < 1.29 is 9.90 Å². The van der Waals surface area contributed by atoms with E-state index in [2.05, 4.69) is 22.0 Å². The first kappa shape index (κ1) is 19.2. The van der Waals surface area contributed by atoms with Gasteiger partial charge in [0.2, 0.25) is 0 Å². The summed E-state index contributed by atoms with van der Waals surface area (Å²) in [6, 6.07) is 24.7. The molecular weight excluding hydrogens is 384 g/mol. The lowest BCUT2D eigenvalue weighted by molar-refractivity contribution is -0.139. The molecule has 1 unspecified atom stereocenters. The first-order valence-corrected chi connectivity index (χ1v) is 9.82. The molecule has 0 bridgehead atoms. The number of rotatable bonds is 7. The van der Waals surface area contributed by atoms with Crippen molar-refractivity contribution in [3.05, 3.63) is 107 Å². The smallest absolute Gasteiger partial charge is 0.325 e. The summed E-state index contributed by atoms with van der Waals surface area (Å²) >= 11 is 6.05. The van der Waals surface area contributed by atoms with Crippen molar-refractivity contribution in [1.29, 1.82) is 0 Å². The van der Waals surface area contributed by atoms with Crippen molar-refractivity contribution in [3.8, 4) is 0 Å². The van der Waals surface area contributed by atoms with E-state index in [1.165, 1.54) is 5.56 Å². The number of para-hydroxylation sites is 1. The highest BCUT2D eigenvalue weighted by molar-refractivity contribution is 6.30. The third kappa shape index (κ3) is 4.34. The molecule has 0 saturated carbocycles. The fraction of sp³-hybridized carbons (Fsp3) is 0.125. The molecule has 4 nitrogen and oxygen atoms in total. The molecule has 0 fully saturated rings. The van der Waals surface area contributed by atoms with Crippen LogP contribution in [0.2, 0.25) is 5.02 Å². The number of carbonyl (C=O) groups is 1. The largest absolute Gasteiger partial charge is 0.480 e. The number of carboxylic acids is 1. The second kappa shape index (κ2) is 8.52. The van der Waals surface area contributed by atoms with Gasteiger partial charge in [0.15, 0.2) is 0 Å². The SMILES string of the molecule is O=C(O)C(NCc1cccc(Cl)c1)c1cn(Cc2ccccc2)c2ccccc12. The molecule has 0 spiro atoms. The number of halogens is 1. The van der Waals surface area contributed by atoms with Gasteiger partial charge >= 0.3 is 5.97 Å². The van der Waals surface area contributed by atoms with Gasteiger partial charge < -0.3 is 9.67 Å². The number of hydrogen-bond acceptors (Lipinski definition) is 2. The van der Waals surface area contributed by atoms with Gasteiger partial charge in [0.05, 0.1) is 0 Å². The van der Waals surface area contributed by atoms with E-state index in [-0.39, 0.29) is 0 Å². The molecule has 0 aliphatic rings. The lowest BCUT2D eigenvalue weighted by atomic mass is 10.1. The quantitative estimate of drug-likeness (QED) is 0.442. The van der Waals surface area contributed by atoms with Gasteiger partial charge in [0.1, 0.15) is 6.04 Å². The number of aliphatic carboxylic acids is 1. The van der Waals surface area contributed by atoms with E-state index in [0.29, 0.717) is 18.1 Å². The normalized spacial score (nSPS) is 12.2. The van der Waals surface area contributed by atoms with E-state index in [1.54, 1.807) is 6.07 Å². The lowest BCUT2D eigenvalue weighted by Gasteiger charge is -2.14. The predicted molar refractivity (Wildman–Crippen MR) is 116 cm³/mol. The molecule has 2 N–H and O–H groups in total. The molecule has 3 aromatic carbocycles. The zero-order valence-electron chi connectivity index (χ0n) is 15.8. The minimum absolute atomic E-state index is 0.412. The molecule has 0 radical (unpaired) electrons. The van der Waals surface area contributed by atoms with Crippen molar-refractivity contribution in [2.45, 2.75) is 19.1 Å². The third-order valence-electron chi connectivity index (χ3n) is 4.97. The highest BCUT2D eigenvalue weighted by atomic mass is 35.5. The summed E-state index contributed by atoms with van der Waals surface area (Å²) in [6.07, 6.45) is 1.95. The Kier molecular flexibility index (Phi) is 5.65. The average molecular weight is 405 g/mol. The minimum Gasteiger partial charge on any atom is -0.480 e. The Hall–Kier alpha value is -3.08. The molecule has 5 heteroatoms. The Bertz CT molecular complexity index is 1140. The standard InChI is InChI=1S/C24H21ClN2O2/c25-19-10-6-9-18(13-19)14-26-23(24(28)29)21-16-27(15-17-7-2-1-3-8-17)22-12-5-4-11-20(21)22/h1-13,16,23,26H,14-15H2,(H,28,29). The maximum absolute atomic E-state index is 12.1. The highest BCUT2D eigenvalue weighted by Crippen LogP contribution is 2.28. The summed E-state index contributed by atoms with van der Waals surface area (Å²) in [7, 11) is 0. The Morgan fingerprint density at radius 1 is 0.966 bits per heavy atom. The number of carboxylic acid groups (broad SMARTS) is 1. The van der Waals surface area contributed by atoms with E-state index < -0.39 is 12.0 Å². The van der Waals surface area contributed by atoms with Gasteiger partial charge in [-0.1, -0.05) is 72.3 Å². The van der Waals surface area contributed by atoms with E-state index in [0.717, 1.165) is 22.0 Å². The van der Waals surface area contributed by atoms with Crippen molar-refractivity contribution in [1.82, 2.24) is 9.88 Å². The van der Waals surface area contributed by atoms with Crippen LogP contribution in [0.15, 0.2) is 85.1 Å². The molecule has 29 heavy (non-hydrogen) atoms. The van der Waals surface area contributed by atoms with Crippen LogP contribution in [-0.4, -0.2) is 15.6 Å². The Labute approximate surface area is 174 Å². The number of hydrogen-bond donors (Lipinski definition) is 2. The number of benzene rings is 3. The number of fused-ring (bicyclic) bond motifs is 1. The first-order chi connectivity index (χ1) is 14.1. The summed E-state index contributed by atoms with van der Waals surface area (Å²) in [5.41, 5.74) is 3.88. The maximum Gasteiger partial charge on any atom is 0.325 e. The van der Waals surface area contributed by atoms with E-state index in [1.807, 2.05) is 66.9 Å². The van der Waals surface area contributed by atoms with Gasteiger partial charge in [0, 0.05) is 40.8 Å². The highest BCUT2D eigenvalue weighted by Gasteiger charge is 2.24. The molecule has 1 heterocycles. The number of nitrogens with zero attached hydrogens (tertiary/aromatic N) is 1. The third-order valence-corrected chi connectivity index (χ3v) is 5.21. The van der Waals surface area contributed by atoms with Crippen LogP contribution in [0.5, 0.6) is 0 Å². The Morgan fingerprint density at radius 3 is 2.45 bits per heavy atom. The Balaban J connectivity index is 1.67. The topological polar surface area (TPSA) is 54.3 Å². The zero-order valence-corrected chi connectivity index (χ0v) is 16.5. The molecule has 0 amide bonds. The zero-order chi connectivity index (χ0) is 20.2. The minimum atomic E-state index is -0.908. The molecule has 4 aromatic rings. The van der Waals surface area contributed by atoms with Crippen LogP contribution >= 0.6 is 11.6 Å². The van der Waals surface area contributed by atoms with Gasteiger partial charge in [-0.2, -0.15) is 0 Å². The molecular formula is C24H21ClN2O2. The van der Waals surface area contributed by atoms with Gasteiger partial charge in [-0.25, -0.2) is 0 Å². The van der Waals surface area contributed by atoms with Crippen molar-refractivity contribution >= 4 is 28.5 Å². The van der Waals surface area contributed by atoms with Crippen LogP contribution in [-0.2, 0) is 17.9 Å². The average Bonchev–Trinajstić information content (AvgIpc) is 3.07. The van der Waals surface area contributed by atoms with Gasteiger partial charge in [-0.15, -0.1) is 0 Å². The molecule has 4 rings (SSSR count). The molecule has 146 valence electrons. The van der Waals surface area contributed by atoms with Gasteiger partial charge in [-0.05, 0) is 29.3 Å². The Morgan fingerprint density at radius 2 is 1.69 bits per heavy atom. The fourth-order valence-corrected chi connectivity index (χ4v) is 3.83. The van der Waals surface area contributed by atoms with Crippen LogP contribution in [0.25, 0.3) is 10.9 Å². The second-order valence-electron chi connectivity index (χ2n) is 7.00. The van der Waals surface area contributed by atoms with E-state index in [4.69, 9.17) is 11.6 Å². The van der Waals surface area contributed by atoms with E-state index in [9.17, 15) is 9.90 Å². The van der Waals surface area contributed by atoms with Crippen LogP contribution < -0.4 is 5.32 Å². The molecule has 0 saturated heterocycles. The van der Waals surface area contributed by atoms with Crippen LogP contribution in [0.1, 0.15) is 22.7 Å². The first-order valence-electron chi connectivity index (χ1n) is 9.44. The maximum atomic E-state index is 12.1. The summed E-state index contributed by atoms with van der Waals surface area (Å²) in [5.74, 6) is -0.908. The van der Waals surface area contributed by atoms with Crippen LogP contribution in [0, 0.1) is 0 Å². The summed E-state index contributed by atoms with van der Waals surface area (Å²) < 4.78 is 2.11. The number of aromatic nitrogens is 1. The molecule has 0 aliphatic heterocycles. The monoisotopic (exact) mass is 404 g/mol. The second-order valence-corrected chi connectivity index (χ2v) is 7.43. The lowest BCUT2D eigenvalue weighted by Crippen LogP contribution is -2.28. The summed E-state index contributed by atoms with van der Waals surface area (Å²) in [4.78, 5) is 12.1. The van der Waals surface area contributed by atoms with E-state index >= 15 is 0 Å². The fourth-order valence-electron chi connectivity index (χ4n) is 3.61. The predicted octanol–water partition coefficient (Wildman–Crippen LogP) is 5.26. The molecule has 0 aliphatic carbocycles. The van der Waals surface area contributed by atoms with Gasteiger partial charge in [-0.3, -0.25) is 10.1 Å². The number of nitrogens with one attached hydrogen (secondary N) is 1.